The molecule has 2 aromatic carbocycles. The zero-order valence-corrected chi connectivity index (χ0v) is 22.6. The van der Waals surface area contributed by atoms with Gasteiger partial charge in [0.1, 0.15) is 17.2 Å². The predicted molar refractivity (Wildman–Crippen MR) is 151 cm³/mol. The minimum atomic E-state index is 0.886. The summed E-state index contributed by atoms with van der Waals surface area (Å²) < 4.78 is 6.87. The minimum absolute atomic E-state index is 0.886. The first-order chi connectivity index (χ1) is 16.6. The Hall–Kier alpha value is -1.80. The molecule has 0 saturated carbocycles. The van der Waals surface area contributed by atoms with E-state index in [0.29, 0.717) is 0 Å². The summed E-state index contributed by atoms with van der Waals surface area (Å²) in [5.41, 5.74) is 1.35. The summed E-state index contributed by atoms with van der Waals surface area (Å²) in [5.74, 6) is 1.79. The molecule has 0 unspecified atom stereocenters. The van der Waals surface area contributed by atoms with Crippen molar-refractivity contribution < 1.29 is 4.74 Å². The number of rotatable bonds is 20. The van der Waals surface area contributed by atoms with Gasteiger partial charge in [-0.1, -0.05) is 115 Å². The second-order valence-electron chi connectivity index (χ2n) is 10.6. The van der Waals surface area contributed by atoms with Gasteiger partial charge in [-0.3, -0.25) is 4.48 Å². The number of hydrogen-bond donors (Lipinski definition) is 0. The van der Waals surface area contributed by atoms with Crippen LogP contribution in [-0.4, -0.2) is 20.6 Å². The van der Waals surface area contributed by atoms with E-state index in [1.807, 2.05) is 30.3 Å². The Kier molecular flexibility index (Phi) is 14.7. The van der Waals surface area contributed by atoms with Crippen LogP contribution in [0, 0.1) is 0 Å². The molecule has 2 aromatic rings. The average Bonchev–Trinajstić information content (AvgIpc) is 2.85. The highest BCUT2D eigenvalue weighted by molar-refractivity contribution is 5.46. The normalized spacial score (nSPS) is 11.6. The first-order valence-electron chi connectivity index (χ1n) is 14.3. The van der Waals surface area contributed by atoms with Crippen molar-refractivity contribution in [1.82, 2.24) is 4.48 Å². The molecule has 0 N–H and O–H groups in total. The van der Waals surface area contributed by atoms with E-state index in [9.17, 15) is 0 Å². The number of hydrogen-bond acceptors (Lipinski definition) is 1. The smallest absolute Gasteiger partial charge is 0.132 e. The van der Waals surface area contributed by atoms with Crippen LogP contribution in [0.15, 0.2) is 54.6 Å². The number of nitrogens with zero attached hydrogens (tertiary/aromatic N) is 1. The Morgan fingerprint density at radius 2 is 0.912 bits per heavy atom. The second-order valence-corrected chi connectivity index (χ2v) is 10.6. The molecule has 0 aromatic heterocycles. The number of benzene rings is 2. The van der Waals surface area contributed by atoms with Gasteiger partial charge in [-0.2, -0.15) is 0 Å². The Labute approximate surface area is 211 Å². The lowest BCUT2D eigenvalue weighted by Crippen LogP contribution is -2.41. The average molecular weight is 467 g/mol. The Morgan fingerprint density at radius 3 is 1.38 bits per heavy atom. The summed E-state index contributed by atoms with van der Waals surface area (Å²) in [7, 11) is 4.64. The van der Waals surface area contributed by atoms with E-state index >= 15 is 0 Å². The van der Waals surface area contributed by atoms with Crippen LogP contribution in [0.2, 0.25) is 0 Å². The summed E-state index contributed by atoms with van der Waals surface area (Å²) in [6, 6.07) is 18.6. The molecule has 0 saturated heterocycles. The van der Waals surface area contributed by atoms with Crippen molar-refractivity contribution in [2.75, 3.05) is 20.6 Å². The topological polar surface area (TPSA) is 9.23 Å². The largest absolute Gasteiger partial charge is 0.457 e. The van der Waals surface area contributed by atoms with Crippen LogP contribution < -0.4 is 9.22 Å². The minimum Gasteiger partial charge on any atom is -0.457 e. The summed E-state index contributed by atoms with van der Waals surface area (Å²) >= 11 is 0. The molecule has 0 aliphatic rings. The van der Waals surface area contributed by atoms with Crippen LogP contribution >= 0.6 is 0 Å². The lowest BCUT2D eigenvalue weighted by molar-refractivity contribution is 0.380. The molecule has 0 atom stereocenters. The molecule has 0 amide bonds. The summed E-state index contributed by atoms with van der Waals surface area (Å²) in [5, 5.41) is 0. The molecule has 2 heteroatoms. The van der Waals surface area contributed by atoms with E-state index in [2.05, 4.69) is 45.3 Å². The zero-order valence-electron chi connectivity index (χ0n) is 22.6. The highest BCUT2D eigenvalue weighted by Crippen LogP contribution is 2.26. The van der Waals surface area contributed by atoms with Crippen LogP contribution in [0.25, 0.3) is 0 Å². The molecule has 0 heterocycles. The third-order valence-corrected chi connectivity index (χ3v) is 7.09. The van der Waals surface area contributed by atoms with Crippen LogP contribution in [0.4, 0.5) is 5.69 Å². The molecular weight excluding hydrogens is 414 g/mol. The molecule has 190 valence electrons. The van der Waals surface area contributed by atoms with Gasteiger partial charge in [0, 0.05) is 12.1 Å². The van der Waals surface area contributed by atoms with Crippen LogP contribution in [0.3, 0.4) is 0 Å². The van der Waals surface area contributed by atoms with Gasteiger partial charge in [0.25, 0.3) is 0 Å². The van der Waals surface area contributed by atoms with Crippen molar-refractivity contribution in [3.63, 3.8) is 0 Å². The van der Waals surface area contributed by atoms with Crippen LogP contribution in [-0.2, 0) is 0 Å². The van der Waals surface area contributed by atoms with E-state index < -0.39 is 0 Å². The molecule has 0 aliphatic carbocycles. The van der Waals surface area contributed by atoms with E-state index in [0.717, 1.165) is 16.0 Å². The van der Waals surface area contributed by atoms with Crippen molar-refractivity contribution in [1.29, 1.82) is 0 Å². The van der Waals surface area contributed by atoms with Crippen molar-refractivity contribution in [3.05, 3.63) is 54.6 Å². The fourth-order valence-electron chi connectivity index (χ4n) is 4.73. The standard InChI is InChI=1S/C32H52NO/c1-4-5-6-7-8-9-10-11-12-13-14-15-16-17-18-22-29-33(2,3)30-25-27-32(28-26-30)34-31-23-20-19-21-24-31/h19-21,23-28H,4-18,22,29H2,1-3H3/q+1. The fraction of sp³-hybridized carbons (Fsp3) is 0.625. The first kappa shape index (κ1) is 28.4. The molecule has 0 spiro atoms. The summed E-state index contributed by atoms with van der Waals surface area (Å²) in [4.78, 5) is 0. The van der Waals surface area contributed by atoms with Gasteiger partial charge in [-0.15, -0.1) is 0 Å². The highest BCUT2D eigenvalue weighted by Gasteiger charge is 2.18. The van der Waals surface area contributed by atoms with Gasteiger partial charge in [-0.05, 0) is 37.1 Å². The first-order valence-corrected chi connectivity index (χ1v) is 14.3. The van der Waals surface area contributed by atoms with Gasteiger partial charge in [0.05, 0.1) is 20.6 Å². The molecule has 2 rings (SSSR count). The van der Waals surface area contributed by atoms with Gasteiger partial charge >= 0.3 is 0 Å². The predicted octanol–water partition coefficient (Wildman–Crippen LogP) is 10.3. The molecule has 34 heavy (non-hydrogen) atoms. The third-order valence-electron chi connectivity index (χ3n) is 7.09. The maximum Gasteiger partial charge on any atom is 0.132 e. The number of quaternary nitrogens is 1. The molecular formula is C32H52NO+. The zero-order chi connectivity index (χ0) is 24.3. The van der Waals surface area contributed by atoms with Gasteiger partial charge < -0.3 is 4.74 Å². The van der Waals surface area contributed by atoms with Gasteiger partial charge in [-0.25, -0.2) is 0 Å². The Bertz CT molecular complexity index is 722. The van der Waals surface area contributed by atoms with E-state index in [1.165, 1.54) is 115 Å². The van der Waals surface area contributed by atoms with Gasteiger partial charge in [0.15, 0.2) is 0 Å². The van der Waals surface area contributed by atoms with Crippen LogP contribution in [0.5, 0.6) is 11.5 Å². The van der Waals surface area contributed by atoms with E-state index in [4.69, 9.17) is 4.74 Å². The summed E-state index contributed by atoms with van der Waals surface area (Å²) in [6.45, 7) is 3.49. The maximum absolute atomic E-state index is 5.93. The van der Waals surface area contributed by atoms with Crippen molar-refractivity contribution >= 4 is 5.69 Å². The van der Waals surface area contributed by atoms with Gasteiger partial charge in [0.2, 0.25) is 0 Å². The quantitative estimate of drug-likeness (QED) is 0.139. The lowest BCUT2D eigenvalue weighted by Gasteiger charge is -2.29. The number of para-hydroxylation sites is 1. The molecule has 0 radical (unpaired) electrons. The van der Waals surface area contributed by atoms with E-state index in [1.54, 1.807) is 0 Å². The maximum atomic E-state index is 5.93. The molecule has 0 fully saturated rings. The van der Waals surface area contributed by atoms with Crippen LogP contribution in [0.1, 0.15) is 110 Å². The van der Waals surface area contributed by atoms with Crippen molar-refractivity contribution in [3.8, 4) is 11.5 Å². The Morgan fingerprint density at radius 1 is 0.500 bits per heavy atom. The SMILES string of the molecule is CCCCCCCCCCCCCCCCCC[N+](C)(C)c1ccc(Oc2ccccc2)cc1. The monoisotopic (exact) mass is 466 g/mol. The molecule has 0 bridgehead atoms. The third kappa shape index (κ3) is 12.6. The highest BCUT2D eigenvalue weighted by atomic mass is 16.5. The van der Waals surface area contributed by atoms with Crippen molar-refractivity contribution in [2.45, 2.75) is 110 Å². The van der Waals surface area contributed by atoms with Crippen molar-refractivity contribution in [2.24, 2.45) is 0 Å². The Balaban J connectivity index is 1.46. The molecule has 0 aliphatic heterocycles. The fourth-order valence-corrected chi connectivity index (χ4v) is 4.73. The van der Waals surface area contributed by atoms with E-state index in [-0.39, 0.29) is 0 Å². The summed E-state index contributed by atoms with van der Waals surface area (Å²) in [6.07, 6.45) is 22.8. The lowest BCUT2D eigenvalue weighted by atomic mass is 10.0. The second kappa shape index (κ2) is 17.6. The molecule has 2 nitrogen and oxygen atoms in total. The number of unbranched alkanes of at least 4 members (excludes halogenated alkanes) is 15. The number of ether oxygens (including phenoxy) is 1.